The molecule has 0 spiro atoms. The van der Waals surface area contributed by atoms with Gasteiger partial charge in [-0.1, -0.05) is 17.3 Å². The Labute approximate surface area is 202 Å². The summed E-state index contributed by atoms with van der Waals surface area (Å²) >= 11 is 0. The molecule has 1 aromatic heterocycles. The predicted octanol–water partition coefficient (Wildman–Crippen LogP) is 4.43. The molecule has 1 aliphatic heterocycles. The molecule has 0 bridgehead atoms. The third-order valence-electron chi connectivity index (χ3n) is 5.83. The van der Waals surface area contributed by atoms with E-state index >= 15 is 0 Å². The molecule has 2 aromatic carbocycles. The lowest BCUT2D eigenvalue weighted by Gasteiger charge is -2.35. The highest BCUT2D eigenvalue weighted by molar-refractivity contribution is 5.86. The first-order valence-corrected chi connectivity index (χ1v) is 11.1. The topological polar surface area (TPSA) is 99.0 Å². The van der Waals surface area contributed by atoms with Crippen LogP contribution in [0.15, 0.2) is 52.7 Å². The largest absolute Gasteiger partial charge is 0.493 e. The van der Waals surface area contributed by atoms with Gasteiger partial charge in [0.25, 0.3) is 5.89 Å². The molecule has 1 N–H and O–H groups in total. The summed E-state index contributed by atoms with van der Waals surface area (Å²) < 4.78 is 35.1. The number of carbonyl (C=O) groups is 1. The van der Waals surface area contributed by atoms with E-state index in [1.165, 1.54) is 12.1 Å². The molecule has 1 unspecified atom stereocenters. The molecule has 0 saturated carbocycles. The van der Waals surface area contributed by atoms with Gasteiger partial charge in [0.15, 0.2) is 11.5 Å². The van der Waals surface area contributed by atoms with Crippen LogP contribution in [0.25, 0.3) is 17.0 Å². The average molecular weight is 483 g/mol. The summed E-state index contributed by atoms with van der Waals surface area (Å²) in [6.45, 7) is 2.79. The van der Waals surface area contributed by atoms with Gasteiger partial charge in [-0.15, -0.1) is 0 Å². The molecule has 4 rings (SSSR count). The molecule has 2 amide bonds. The van der Waals surface area contributed by atoms with Gasteiger partial charge in [0.05, 0.1) is 25.8 Å². The Hall–Kier alpha value is -3.92. The number of allylic oxidation sites excluding steroid dienone is 1. The van der Waals surface area contributed by atoms with Gasteiger partial charge in [0.2, 0.25) is 5.82 Å². The highest BCUT2D eigenvalue weighted by atomic mass is 19.1. The van der Waals surface area contributed by atoms with Gasteiger partial charge in [-0.3, -0.25) is 4.90 Å². The van der Waals surface area contributed by atoms with Crippen molar-refractivity contribution in [3.05, 3.63) is 65.4 Å². The quantitative estimate of drug-likeness (QED) is 0.451. The van der Waals surface area contributed by atoms with E-state index in [9.17, 15) is 9.18 Å². The Morgan fingerprint density at radius 2 is 1.83 bits per heavy atom. The molecule has 0 radical (unpaired) electrons. The van der Waals surface area contributed by atoms with E-state index < -0.39 is 6.04 Å². The zero-order chi connectivity index (χ0) is 24.9. The summed E-state index contributed by atoms with van der Waals surface area (Å²) in [5, 5.41) is 7.15. The second-order valence-electron chi connectivity index (χ2n) is 7.92. The number of ether oxygens (including phenoxy) is 3. The zero-order valence-corrected chi connectivity index (χ0v) is 20.0. The molecule has 3 aromatic rings. The van der Waals surface area contributed by atoms with Crippen LogP contribution in [0, 0.1) is 5.82 Å². The smallest absolute Gasteiger partial charge is 0.322 e. The van der Waals surface area contributed by atoms with Crippen LogP contribution in [-0.4, -0.2) is 55.6 Å². The van der Waals surface area contributed by atoms with Gasteiger partial charge < -0.3 is 24.1 Å². The van der Waals surface area contributed by atoms with Crippen LogP contribution in [-0.2, 0) is 4.74 Å². The summed E-state index contributed by atoms with van der Waals surface area (Å²) in [6, 6.07) is 10.4. The van der Waals surface area contributed by atoms with Crippen molar-refractivity contribution in [1.29, 1.82) is 0 Å². The molecule has 0 aliphatic carbocycles. The maximum absolute atomic E-state index is 13.6. The fourth-order valence-electron chi connectivity index (χ4n) is 4.03. The Kier molecular flexibility index (Phi) is 7.31. The van der Waals surface area contributed by atoms with Crippen LogP contribution in [0.5, 0.6) is 11.5 Å². The Bertz CT molecular complexity index is 1220. The van der Waals surface area contributed by atoms with Crippen LogP contribution in [0.1, 0.15) is 30.8 Å². The van der Waals surface area contributed by atoms with E-state index in [2.05, 4.69) is 15.5 Å². The van der Waals surface area contributed by atoms with Gasteiger partial charge in [0, 0.05) is 31.5 Å². The van der Waals surface area contributed by atoms with Crippen molar-refractivity contribution in [2.24, 2.45) is 0 Å². The van der Waals surface area contributed by atoms with Crippen molar-refractivity contribution >= 4 is 11.6 Å². The van der Waals surface area contributed by atoms with Crippen molar-refractivity contribution in [2.75, 3.05) is 34.5 Å². The van der Waals surface area contributed by atoms with E-state index in [4.69, 9.17) is 18.7 Å². The number of halogens is 1. The van der Waals surface area contributed by atoms with Crippen LogP contribution >= 0.6 is 0 Å². The molecule has 184 valence electrons. The van der Waals surface area contributed by atoms with Gasteiger partial charge in [-0.05, 0) is 49.2 Å². The van der Waals surface area contributed by atoms with Gasteiger partial charge in [-0.2, -0.15) is 4.98 Å². The molecule has 10 heteroatoms. The van der Waals surface area contributed by atoms with E-state index in [-0.39, 0.29) is 17.7 Å². The summed E-state index contributed by atoms with van der Waals surface area (Å²) in [4.78, 5) is 19.2. The third kappa shape index (κ3) is 4.97. The lowest BCUT2D eigenvalue weighted by atomic mass is 9.94. The molecule has 0 fully saturated rings. The fraction of sp³-hybridized carbons (Fsp3) is 0.320. The van der Waals surface area contributed by atoms with Crippen molar-refractivity contribution in [3.8, 4) is 22.9 Å². The van der Waals surface area contributed by atoms with Crippen LogP contribution in [0.3, 0.4) is 0 Å². The number of rotatable bonds is 9. The molecule has 1 aliphatic rings. The first kappa shape index (κ1) is 24.2. The molecule has 35 heavy (non-hydrogen) atoms. The molecule has 2 heterocycles. The van der Waals surface area contributed by atoms with Crippen molar-refractivity contribution in [2.45, 2.75) is 19.4 Å². The van der Waals surface area contributed by atoms with E-state index in [0.717, 1.165) is 0 Å². The minimum atomic E-state index is -0.597. The molecule has 0 saturated heterocycles. The summed E-state index contributed by atoms with van der Waals surface area (Å²) in [5.41, 5.74) is 2.66. The lowest BCUT2D eigenvalue weighted by Crippen LogP contribution is -2.46. The normalized spacial score (nSPS) is 15.9. The number of amides is 2. The molecule has 1 atom stereocenters. The Balaban J connectivity index is 1.76. The molecular weight excluding hydrogens is 455 g/mol. The number of carbonyl (C=O) groups excluding carboxylic acids is 1. The highest BCUT2D eigenvalue weighted by Gasteiger charge is 2.35. The number of aromatic nitrogens is 2. The monoisotopic (exact) mass is 482 g/mol. The number of nitrogens with zero attached hydrogens (tertiary/aromatic N) is 3. The van der Waals surface area contributed by atoms with Crippen molar-refractivity contribution in [3.63, 3.8) is 0 Å². The summed E-state index contributed by atoms with van der Waals surface area (Å²) in [5.74, 6) is 1.34. The maximum atomic E-state index is 13.6. The summed E-state index contributed by atoms with van der Waals surface area (Å²) in [7, 11) is 4.72. The average Bonchev–Trinajstić information content (AvgIpc) is 3.35. The second kappa shape index (κ2) is 10.6. The number of hydrogen-bond acceptors (Lipinski definition) is 7. The SMILES string of the molecule is COCCCN1C(=O)NC(c2ccc(F)cc2)C(c2nc(-c3ccc(OC)c(OC)c3)no2)=C1C. The van der Waals surface area contributed by atoms with Crippen LogP contribution in [0.4, 0.5) is 9.18 Å². The first-order valence-electron chi connectivity index (χ1n) is 11.1. The second-order valence-corrected chi connectivity index (χ2v) is 7.92. The number of urea groups is 1. The van der Waals surface area contributed by atoms with Gasteiger partial charge in [-0.25, -0.2) is 9.18 Å². The standard InChI is InChI=1S/C25H27FN4O5/c1-15-21(24-28-23(29-35-24)17-8-11-19(33-3)20(14-17)34-4)22(16-6-9-18(26)10-7-16)27-25(31)30(15)12-5-13-32-2/h6-11,14,22H,5,12-13H2,1-4H3,(H,27,31). The lowest BCUT2D eigenvalue weighted by molar-refractivity contribution is 0.174. The Morgan fingerprint density at radius 3 is 2.51 bits per heavy atom. The van der Waals surface area contributed by atoms with Gasteiger partial charge in [0.1, 0.15) is 5.82 Å². The number of nitrogens with one attached hydrogen (secondary N) is 1. The van der Waals surface area contributed by atoms with E-state index in [0.29, 0.717) is 59.3 Å². The van der Waals surface area contributed by atoms with E-state index in [1.807, 2.05) is 6.92 Å². The van der Waals surface area contributed by atoms with E-state index in [1.54, 1.807) is 56.6 Å². The number of hydrogen-bond donors (Lipinski definition) is 1. The number of methoxy groups -OCH3 is 3. The minimum absolute atomic E-state index is 0.248. The van der Waals surface area contributed by atoms with Crippen molar-refractivity contribution < 1.29 is 27.9 Å². The fourth-order valence-corrected chi connectivity index (χ4v) is 4.03. The zero-order valence-electron chi connectivity index (χ0n) is 20.0. The summed E-state index contributed by atoms with van der Waals surface area (Å²) in [6.07, 6.45) is 0.649. The highest BCUT2D eigenvalue weighted by Crippen LogP contribution is 2.38. The molecular formula is C25H27FN4O5. The predicted molar refractivity (Wildman–Crippen MR) is 126 cm³/mol. The maximum Gasteiger partial charge on any atom is 0.322 e. The van der Waals surface area contributed by atoms with Crippen LogP contribution < -0.4 is 14.8 Å². The Morgan fingerprint density at radius 1 is 1.09 bits per heavy atom. The van der Waals surface area contributed by atoms with Gasteiger partial charge >= 0.3 is 6.03 Å². The molecule has 9 nitrogen and oxygen atoms in total. The number of benzene rings is 2. The third-order valence-corrected chi connectivity index (χ3v) is 5.83. The van der Waals surface area contributed by atoms with Crippen LogP contribution in [0.2, 0.25) is 0 Å². The van der Waals surface area contributed by atoms with Crippen molar-refractivity contribution in [1.82, 2.24) is 20.4 Å². The minimum Gasteiger partial charge on any atom is -0.493 e. The first-order chi connectivity index (χ1) is 17.0.